The van der Waals surface area contributed by atoms with Crippen molar-refractivity contribution >= 4 is 51.6 Å². The molecule has 1 spiro atoms. The van der Waals surface area contributed by atoms with Crippen molar-refractivity contribution in [3.05, 3.63) is 62.7 Å². The third kappa shape index (κ3) is 2.59. The minimum Gasteiger partial charge on any atom is -0.454 e. The van der Waals surface area contributed by atoms with Crippen LogP contribution in [0.1, 0.15) is 12.5 Å². The van der Waals surface area contributed by atoms with E-state index in [4.69, 9.17) is 16.3 Å². The van der Waals surface area contributed by atoms with E-state index in [1.165, 1.54) is 6.92 Å². The Balaban J connectivity index is 2.13. The van der Waals surface area contributed by atoms with Gasteiger partial charge in [-0.2, -0.15) is 0 Å². The SMILES string of the molecule is CC(=O)OC1C=CC2(C(Cl)=C1)C(c1ccccc1)=C(I)C(=O)N2C. The molecule has 0 saturated carbocycles. The maximum atomic E-state index is 12.6. The van der Waals surface area contributed by atoms with E-state index < -0.39 is 11.6 Å². The topological polar surface area (TPSA) is 46.6 Å². The van der Waals surface area contributed by atoms with Gasteiger partial charge in [0, 0.05) is 19.5 Å². The fourth-order valence-electron chi connectivity index (χ4n) is 3.08. The molecule has 1 heterocycles. The van der Waals surface area contributed by atoms with E-state index in [0.717, 1.165) is 11.1 Å². The van der Waals surface area contributed by atoms with Crippen LogP contribution in [0.15, 0.2) is 57.2 Å². The molecule has 1 aliphatic heterocycles. The fraction of sp³-hybridized carbons (Fsp3) is 0.222. The second-order valence-electron chi connectivity index (χ2n) is 5.63. The summed E-state index contributed by atoms with van der Waals surface area (Å²) in [6, 6.07) is 9.69. The van der Waals surface area contributed by atoms with Gasteiger partial charge in [-0.25, -0.2) is 0 Å². The van der Waals surface area contributed by atoms with Gasteiger partial charge in [0.15, 0.2) is 0 Å². The normalized spacial score (nSPS) is 26.2. The van der Waals surface area contributed by atoms with Gasteiger partial charge in [-0.1, -0.05) is 41.9 Å². The minimum atomic E-state index is -0.868. The van der Waals surface area contributed by atoms with Crippen LogP contribution in [0.3, 0.4) is 0 Å². The van der Waals surface area contributed by atoms with E-state index in [-0.39, 0.29) is 11.9 Å². The summed E-state index contributed by atoms with van der Waals surface area (Å²) in [6.07, 6.45) is 4.74. The van der Waals surface area contributed by atoms with Crippen LogP contribution in [0.5, 0.6) is 0 Å². The first kappa shape index (κ1) is 17.2. The lowest BCUT2D eigenvalue weighted by molar-refractivity contribution is -0.142. The maximum Gasteiger partial charge on any atom is 0.303 e. The molecule has 6 heteroatoms. The molecule has 1 aromatic carbocycles. The molecule has 1 aromatic rings. The van der Waals surface area contributed by atoms with Crippen molar-refractivity contribution in [2.75, 3.05) is 7.05 Å². The second kappa shape index (κ2) is 6.37. The zero-order valence-electron chi connectivity index (χ0n) is 13.1. The molecule has 2 aliphatic rings. The summed E-state index contributed by atoms with van der Waals surface area (Å²) in [5, 5.41) is 0.442. The number of esters is 1. The van der Waals surface area contributed by atoms with Gasteiger partial charge < -0.3 is 9.64 Å². The van der Waals surface area contributed by atoms with Crippen LogP contribution < -0.4 is 0 Å². The predicted molar refractivity (Wildman–Crippen MR) is 102 cm³/mol. The first-order valence-corrected chi connectivity index (χ1v) is 8.82. The summed E-state index contributed by atoms with van der Waals surface area (Å²) in [5.41, 5.74) is 0.907. The van der Waals surface area contributed by atoms with E-state index in [0.29, 0.717) is 8.61 Å². The van der Waals surface area contributed by atoms with E-state index >= 15 is 0 Å². The number of likely N-dealkylation sites (N-methyl/N-ethyl adjacent to an activating group) is 1. The van der Waals surface area contributed by atoms with E-state index in [2.05, 4.69) is 22.6 Å². The van der Waals surface area contributed by atoms with Crippen molar-refractivity contribution in [3.63, 3.8) is 0 Å². The lowest BCUT2D eigenvalue weighted by Gasteiger charge is -2.38. The Labute approximate surface area is 158 Å². The average molecular weight is 456 g/mol. The van der Waals surface area contributed by atoms with Gasteiger partial charge in [-0.3, -0.25) is 9.59 Å². The quantitative estimate of drug-likeness (QED) is 0.388. The van der Waals surface area contributed by atoms with Crippen molar-refractivity contribution in [1.29, 1.82) is 0 Å². The fourth-order valence-corrected chi connectivity index (χ4v) is 4.57. The van der Waals surface area contributed by atoms with E-state index in [9.17, 15) is 9.59 Å². The Morgan fingerprint density at radius 2 is 2.00 bits per heavy atom. The van der Waals surface area contributed by atoms with Crippen LogP contribution in [-0.2, 0) is 14.3 Å². The van der Waals surface area contributed by atoms with Gasteiger partial charge in [-0.05, 0) is 46.4 Å². The Hall–Kier alpha value is -1.60. The van der Waals surface area contributed by atoms with Crippen LogP contribution in [0.4, 0.5) is 0 Å². The van der Waals surface area contributed by atoms with Crippen LogP contribution in [0.2, 0.25) is 0 Å². The molecule has 0 bridgehead atoms. The number of carbonyl (C=O) groups excluding carboxylic acids is 2. The molecule has 124 valence electrons. The molecule has 1 amide bonds. The average Bonchev–Trinajstić information content (AvgIpc) is 2.74. The van der Waals surface area contributed by atoms with Gasteiger partial charge in [-0.15, -0.1) is 0 Å². The van der Waals surface area contributed by atoms with Crippen LogP contribution >= 0.6 is 34.2 Å². The van der Waals surface area contributed by atoms with E-state index in [1.807, 2.05) is 36.4 Å². The molecule has 1 aliphatic carbocycles. The van der Waals surface area contributed by atoms with Crippen molar-refractivity contribution < 1.29 is 14.3 Å². The van der Waals surface area contributed by atoms with E-state index in [1.54, 1.807) is 24.1 Å². The smallest absolute Gasteiger partial charge is 0.303 e. The maximum absolute atomic E-state index is 12.6. The van der Waals surface area contributed by atoms with Crippen molar-refractivity contribution in [2.45, 2.75) is 18.6 Å². The highest BCUT2D eigenvalue weighted by Gasteiger charge is 2.51. The molecule has 4 nitrogen and oxygen atoms in total. The van der Waals surface area contributed by atoms with Crippen LogP contribution in [-0.4, -0.2) is 35.5 Å². The molecule has 2 unspecified atom stereocenters. The van der Waals surface area contributed by atoms with Gasteiger partial charge in [0.05, 0.1) is 8.61 Å². The summed E-state index contributed by atoms with van der Waals surface area (Å²) in [4.78, 5) is 25.4. The van der Waals surface area contributed by atoms with Crippen molar-refractivity contribution in [1.82, 2.24) is 4.90 Å². The summed E-state index contributed by atoms with van der Waals surface area (Å²) in [7, 11) is 1.73. The number of carbonyl (C=O) groups is 2. The lowest BCUT2D eigenvalue weighted by atomic mass is 9.82. The second-order valence-corrected chi connectivity index (χ2v) is 7.12. The molecule has 3 rings (SSSR count). The summed E-state index contributed by atoms with van der Waals surface area (Å²) < 4.78 is 5.81. The first-order chi connectivity index (χ1) is 11.4. The summed E-state index contributed by atoms with van der Waals surface area (Å²) in [6.45, 7) is 1.35. The standard InChI is InChI=1S/C18H15ClINO3/c1-11(22)24-13-8-9-18(14(19)10-13)15(12-6-4-3-5-7-12)16(20)17(23)21(18)2/h3-10,13H,1-2H3. The number of amides is 1. The zero-order valence-corrected chi connectivity index (χ0v) is 16.0. The van der Waals surface area contributed by atoms with Crippen LogP contribution in [0.25, 0.3) is 5.57 Å². The third-order valence-electron chi connectivity index (χ3n) is 4.19. The third-order valence-corrected chi connectivity index (χ3v) is 5.60. The molecule has 24 heavy (non-hydrogen) atoms. The molecule has 0 radical (unpaired) electrons. The Morgan fingerprint density at radius 1 is 1.33 bits per heavy atom. The monoisotopic (exact) mass is 455 g/mol. The number of hydrogen-bond acceptors (Lipinski definition) is 3. The molecular formula is C18H15ClINO3. The highest BCUT2D eigenvalue weighted by molar-refractivity contribution is 14.1. The van der Waals surface area contributed by atoms with Crippen LogP contribution in [0, 0.1) is 0 Å². The number of rotatable bonds is 2. The number of ether oxygens (including phenoxy) is 1. The Kier molecular flexibility index (Phi) is 4.57. The Bertz CT molecular complexity index is 800. The van der Waals surface area contributed by atoms with Gasteiger partial charge in [0.25, 0.3) is 5.91 Å². The lowest BCUT2D eigenvalue weighted by Crippen LogP contribution is -2.46. The largest absolute Gasteiger partial charge is 0.454 e. The number of nitrogens with zero attached hydrogens (tertiary/aromatic N) is 1. The van der Waals surface area contributed by atoms with Crippen molar-refractivity contribution in [3.8, 4) is 0 Å². The summed E-state index contributed by atoms with van der Waals surface area (Å²) in [5.74, 6) is -0.470. The minimum absolute atomic E-state index is 0.0865. The summed E-state index contributed by atoms with van der Waals surface area (Å²) >= 11 is 8.68. The zero-order chi connectivity index (χ0) is 17.5. The predicted octanol–water partition coefficient (Wildman–Crippen LogP) is 3.67. The number of benzene rings is 1. The molecule has 0 N–H and O–H groups in total. The highest BCUT2D eigenvalue weighted by atomic mass is 127. The highest BCUT2D eigenvalue weighted by Crippen LogP contribution is 2.51. The molecule has 0 aromatic heterocycles. The van der Waals surface area contributed by atoms with Gasteiger partial charge >= 0.3 is 5.97 Å². The number of hydrogen-bond donors (Lipinski definition) is 0. The molecule has 2 atom stereocenters. The Morgan fingerprint density at radius 3 is 2.58 bits per heavy atom. The van der Waals surface area contributed by atoms with Crippen molar-refractivity contribution in [2.24, 2.45) is 0 Å². The molecule has 0 fully saturated rings. The molecule has 0 saturated heterocycles. The van der Waals surface area contributed by atoms with Gasteiger partial charge in [0.2, 0.25) is 0 Å². The number of halogens is 2. The van der Waals surface area contributed by atoms with Gasteiger partial charge in [0.1, 0.15) is 11.6 Å². The molecular weight excluding hydrogens is 441 g/mol. The first-order valence-electron chi connectivity index (χ1n) is 7.36.